The van der Waals surface area contributed by atoms with E-state index in [2.05, 4.69) is 33.7 Å². The summed E-state index contributed by atoms with van der Waals surface area (Å²) in [6.45, 7) is 5.61. The third-order valence-corrected chi connectivity index (χ3v) is 3.75. The van der Waals surface area contributed by atoms with Gasteiger partial charge in [-0.15, -0.1) is 11.3 Å². The maximum absolute atomic E-state index is 5.02. The van der Waals surface area contributed by atoms with E-state index in [9.17, 15) is 0 Å². The van der Waals surface area contributed by atoms with Crippen LogP contribution in [-0.4, -0.2) is 34.8 Å². The molecule has 98 valence electrons. The van der Waals surface area contributed by atoms with Gasteiger partial charge >= 0.3 is 0 Å². The van der Waals surface area contributed by atoms with Gasteiger partial charge in [0.25, 0.3) is 0 Å². The molecular weight excluding hydrogens is 248 g/mol. The van der Waals surface area contributed by atoms with E-state index in [1.54, 1.807) is 24.6 Å². The summed E-state index contributed by atoms with van der Waals surface area (Å²) >= 11 is 1.72. The molecule has 0 amide bonds. The molecule has 2 rings (SSSR count). The highest BCUT2D eigenvalue weighted by atomic mass is 32.1. The predicted octanol–water partition coefficient (Wildman–Crippen LogP) is 2.32. The first-order valence-corrected chi connectivity index (χ1v) is 6.72. The molecule has 6 heteroatoms. The van der Waals surface area contributed by atoms with Crippen molar-refractivity contribution >= 4 is 17.3 Å². The van der Waals surface area contributed by atoms with Crippen molar-refractivity contribution in [2.75, 3.05) is 25.6 Å². The fourth-order valence-electron chi connectivity index (χ4n) is 1.71. The minimum absolute atomic E-state index is 0.191. The first kappa shape index (κ1) is 13.0. The fraction of sp³-hybridized carbons (Fsp3) is 0.500. The first-order valence-electron chi connectivity index (χ1n) is 5.90. The lowest BCUT2D eigenvalue weighted by atomic mass is 10.3. The largest absolute Gasteiger partial charge is 0.383 e. The van der Waals surface area contributed by atoms with Crippen LogP contribution in [0.1, 0.15) is 22.9 Å². The average Bonchev–Trinajstić information content (AvgIpc) is 2.97. The molecule has 5 nitrogen and oxygen atoms in total. The normalized spacial score (nSPS) is 12.6. The number of ether oxygens (including phenoxy) is 1. The average molecular weight is 266 g/mol. The Labute approximate surface area is 111 Å². The van der Waals surface area contributed by atoms with Crippen LogP contribution in [0, 0.1) is 6.92 Å². The van der Waals surface area contributed by atoms with E-state index in [0.29, 0.717) is 6.61 Å². The quantitative estimate of drug-likeness (QED) is 0.815. The number of methoxy groups -OCH3 is 1. The number of anilines is 1. The van der Waals surface area contributed by atoms with Gasteiger partial charge in [-0.1, -0.05) is 0 Å². The zero-order chi connectivity index (χ0) is 13.0. The van der Waals surface area contributed by atoms with Crippen molar-refractivity contribution in [2.45, 2.75) is 19.9 Å². The molecule has 1 N–H and O–H groups in total. The molecule has 2 aromatic rings. The van der Waals surface area contributed by atoms with Crippen LogP contribution in [0.2, 0.25) is 0 Å². The first-order chi connectivity index (χ1) is 8.72. The molecule has 0 saturated heterocycles. The van der Waals surface area contributed by atoms with Crippen LogP contribution < -0.4 is 5.32 Å². The minimum Gasteiger partial charge on any atom is -0.383 e. The maximum Gasteiger partial charge on any atom is 0.203 e. The van der Waals surface area contributed by atoms with Crippen LogP contribution in [0.5, 0.6) is 0 Å². The van der Waals surface area contributed by atoms with Crippen molar-refractivity contribution < 1.29 is 4.74 Å². The lowest BCUT2D eigenvalue weighted by molar-refractivity contribution is 0.210. The number of hydrogen-bond acceptors (Lipinski definition) is 5. The zero-order valence-corrected chi connectivity index (χ0v) is 11.7. The molecule has 2 aromatic heterocycles. The smallest absolute Gasteiger partial charge is 0.203 e. The highest BCUT2D eigenvalue weighted by molar-refractivity contribution is 7.11. The third-order valence-electron chi connectivity index (χ3n) is 2.67. The van der Waals surface area contributed by atoms with Gasteiger partial charge in [0.2, 0.25) is 5.95 Å². The van der Waals surface area contributed by atoms with Crippen LogP contribution in [0.4, 0.5) is 5.95 Å². The Morgan fingerprint density at radius 3 is 3.00 bits per heavy atom. The van der Waals surface area contributed by atoms with Gasteiger partial charge in [0.1, 0.15) is 5.01 Å². The number of nitrogens with zero attached hydrogens (tertiary/aromatic N) is 3. The Morgan fingerprint density at radius 1 is 1.50 bits per heavy atom. The Hall–Kier alpha value is -1.40. The molecule has 0 radical (unpaired) electrons. The predicted molar refractivity (Wildman–Crippen MR) is 73.3 cm³/mol. The van der Waals surface area contributed by atoms with Crippen LogP contribution >= 0.6 is 11.3 Å². The Morgan fingerprint density at radius 2 is 2.33 bits per heavy atom. The highest BCUT2D eigenvalue weighted by Crippen LogP contribution is 2.25. The number of nitrogens with one attached hydrogen (secondary N) is 1. The summed E-state index contributed by atoms with van der Waals surface area (Å²) in [5.41, 5.74) is 0. The standard InChI is InChI=1S/C12H18N4OS/c1-9-8-15-11(18-9)10(2)16-6-4-13-12(16)14-5-7-17-3/h4,6,8,10H,5,7H2,1-3H3,(H,13,14). The zero-order valence-electron chi connectivity index (χ0n) is 10.9. The molecule has 0 bridgehead atoms. The topological polar surface area (TPSA) is 52.0 Å². The van der Waals surface area contributed by atoms with Gasteiger partial charge in [-0.25, -0.2) is 9.97 Å². The molecule has 0 fully saturated rings. The van der Waals surface area contributed by atoms with E-state index in [-0.39, 0.29) is 6.04 Å². The van der Waals surface area contributed by atoms with Gasteiger partial charge in [0.05, 0.1) is 12.6 Å². The second-order valence-electron chi connectivity index (χ2n) is 4.06. The molecule has 1 unspecified atom stereocenters. The van der Waals surface area contributed by atoms with Crippen molar-refractivity contribution in [3.05, 3.63) is 28.5 Å². The monoisotopic (exact) mass is 266 g/mol. The highest BCUT2D eigenvalue weighted by Gasteiger charge is 2.14. The molecule has 0 aromatic carbocycles. The van der Waals surface area contributed by atoms with E-state index >= 15 is 0 Å². The Bertz CT molecular complexity index is 494. The van der Waals surface area contributed by atoms with Gasteiger partial charge in [0.15, 0.2) is 0 Å². The van der Waals surface area contributed by atoms with Crippen molar-refractivity contribution in [3.8, 4) is 0 Å². The van der Waals surface area contributed by atoms with Crippen molar-refractivity contribution in [1.82, 2.24) is 14.5 Å². The van der Waals surface area contributed by atoms with Gasteiger partial charge in [-0.2, -0.15) is 0 Å². The van der Waals surface area contributed by atoms with Gasteiger partial charge in [-0.05, 0) is 13.8 Å². The van der Waals surface area contributed by atoms with Crippen molar-refractivity contribution in [1.29, 1.82) is 0 Å². The van der Waals surface area contributed by atoms with E-state index in [1.165, 1.54) is 4.88 Å². The molecule has 18 heavy (non-hydrogen) atoms. The van der Waals surface area contributed by atoms with E-state index < -0.39 is 0 Å². The SMILES string of the molecule is COCCNc1nccn1C(C)c1ncc(C)s1. The second kappa shape index (κ2) is 5.97. The molecule has 0 spiro atoms. The summed E-state index contributed by atoms with van der Waals surface area (Å²) < 4.78 is 7.11. The summed E-state index contributed by atoms with van der Waals surface area (Å²) in [5, 5.41) is 4.35. The third kappa shape index (κ3) is 2.88. The molecular formula is C12H18N4OS. The van der Waals surface area contributed by atoms with Crippen LogP contribution in [0.25, 0.3) is 0 Å². The van der Waals surface area contributed by atoms with Crippen LogP contribution in [0.3, 0.4) is 0 Å². The van der Waals surface area contributed by atoms with Gasteiger partial charge in [-0.3, -0.25) is 0 Å². The summed E-state index contributed by atoms with van der Waals surface area (Å²) in [6.07, 6.45) is 5.67. The minimum atomic E-state index is 0.191. The fourth-order valence-corrected chi connectivity index (χ4v) is 2.54. The number of thiazole rings is 1. The van der Waals surface area contributed by atoms with Crippen molar-refractivity contribution in [3.63, 3.8) is 0 Å². The van der Waals surface area contributed by atoms with Gasteiger partial charge in [0, 0.05) is 37.1 Å². The number of hydrogen-bond donors (Lipinski definition) is 1. The molecule has 0 saturated carbocycles. The molecule has 0 aliphatic rings. The van der Waals surface area contributed by atoms with E-state index in [0.717, 1.165) is 17.5 Å². The Balaban J connectivity index is 2.10. The van der Waals surface area contributed by atoms with Crippen LogP contribution in [-0.2, 0) is 4.74 Å². The summed E-state index contributed by atoms with van der Waals surface area (Å²) in [7, 11) is 1.69. The number of rotatable bonds is 6. The number of aryl methyl sites for hydroxylation is 1. The molecule has 0 aliphatic heterocycles. The molecule has 0 aliphatic carbocycles. The molecule has 1 atom stereocenters. The summed E-state index contributed by atoms with van der Waals surface area (Å²) in [5.74, 6) is 0.854. The second-order valence-corrected chi connectivity index (χ2v) is 5.33. The van der Waals surface area contributed by atoms with Crippen molar-refractivity contribution in [2.24, 2.45) is 0 Å². The maximum atomic E-state index is 5.02. The molecule has 2 heterocycles. The summed E-state index contributed by atoms with van der Waals surface area (Å²) in [6, 6.07) is 0.191. The Kier molecular flexibility index (Phi) is 4.33. The van der Waals surface area contributed by atoms with Gasteiger partial charge < -0.3 is 14.6 Å². The number of imidazole rings is 1. The lowest BCUT2D eigenvalue weighted by Gasteiger charge is -2.14. The summed E-state index contributed by atoms with van der Waals surface area (Å²) in [4.78, 5) is 9.97. The van der Waals surface area contributed by atoms with Crippen LogP contribution in [0.15, 0.2) is 18.6 Å². The lowest BCUT2D eigenvalue weighted by Crippen LogP contribution is -2.14. The number of aromatic nitrogens is 3. The van der Waals surface area contributed by atoms with E-state index in [4.69, 9.17) is 4.74 Å². The van der Waals surface area contributed by atoms with E-state index in [1.807, 2.05) is 12.4 Å².